The summed E-state index contributed by atoms with van der Waals surface area (Å²) in [6.07, 6.45) is -3.68. The van der Waals surface area contributed by atoms with E-state index in [2.05, 4.69) is 4.85 Å². The molecule has 3 rings (SSSR count). The molecule has 3 atom stereocenters. The molecule has 1 heterocycles. The number of nitrogens with zero attached hydrogens (tertiary/aromatic N) is 2. The smallest absolute Gasteiger partial charge is 0.190 e. The summed E-state index contributed by atoms with van der Waals surface area (Å²) in [4.78, 5) is 4.83. The molecule has 0 fully saturated rings. The Balaban J connectivity index is 2.59. The summed E-state index contributed by atoms with van der Waals surface area (Å²) >= 11 is 0. The summed E-state index contributed by atoms with van der Waals surface area (Å²) in [5, 5.41) is 0. The molecule has 0 amide bonds. The van der Waals surface area contributed by atoms with Crippen LogP contribution in [-0.4, -0.2) is 24.5 Å². The van der Waals surface area contributed by atoms with E-state index in [1.54, 1.807) is 39.8 Å². The van der Waals surface area contributed by atoms with Crippen molar-refractivity contribution in [2.24, 2.45) is 5.89 Å². The molecule has 4 heteroatoms. The quantitative estimate of drug-likeness (QED) is 0.460. The largest absolute Gasteiger partial charge is 0.358 e. The van der Waals surface area contributed by atoms with Crippen molar-refractivity contribution >= 4 is 5.69 Å². The average Bonchev–Trinajstić information content (AvgIpc) is 3.12. The third-order valence-corrected chi connectivity index (χ3v) is 6.06. The molecule has 0 radical (unpaired) electrons. The van der Waals surface area contributed by atoms with Gasteiger partial charge in [-0.1, -0.05) is 25.1 Å². The van der Waals surface area contributed by atoms with Gasteiger partial charge in [0.25, 0.3) is 0 Å². The van der Waals surface area contributed by atoms with Crippen molar-refractivity contribution in [2.75, 3.05) is 13.5 Å². The van der Waals surface area contributed by atoms with Crippen LogP contribution in [0.3, 0.4) is 0 Å². The number of hydrogen-bond acceptors (Lipinski definition) is 2. The Kier molecular flexibility index (Phi) is 4.38. The Morgan fingerprint density at radius 2 is 1.94 bits per heavy atom. The second-order valence-electron chi connectivity index (χ2n) is 8.53. The van der Waals surface area contributed by atoms with Crippen molar-refractivity contribution in [3.8, 4) is 0 Å². The lowest BCUT2D eigenvalue weighted by molar-refractivity contribution is -0.0567. The van der Waals surface area contributed by atoms with Crippen LogP contribution in [0.5, 0.6) is 0 Å². The van der Waals surface area contributed by atoms with Crippen molar-refractivity contribution in [1.29, 1.82) is 0 Å². The molecule has 2 aromatic rings. The number of hydrogen-bond donors (Lipinski definition) is 0. The Hall–Kier alpha value is -2.22. The van der Waals surface area contributed by atoms with Gasteiger partial charge in [0.1, 0.15) is 11.4 Å². The third-order valence-electron chi connectivity index (χ3n) is 6.06. The minimum Gasteiger partial charge on any atom is -0.358 e. The predicted molar refractivity (Wildman–Crippen MR) is 125 cm³/mol. The predicted octanol–water partition coefficient (Wildman–Crippen LogP) is 7.00. The zero-order valence-corrected chi connectivity index (χ0v) is 19.5. The van der Waals surface area contributed by atoms with E-state index in [0.717, 1.165) is 6.92 Å². The number of aryl methyl sites for hydroxylation is 1. The fraction of sp³-hybridized carbons (Fsp3) is 0.519. The number of fused-ring (bicyclic) bond motifs is 1. The van der Waals surface area contributed by atoms with E-state index in [4.69, 9.17) is 16.8 Å². The molecule has 0 saturated carbocycles. The standard InChI is InChI=1S/C27H35FN2O/c1-16(2)30(9)15-17(3)14-27(23-10-11-25(28)20(6)19(23)5)24-12-18(4)26(29-8)13-22(24)21(7)31-27/h10-13,16-17,21H,14-15H2,1-7,9H3/t17?,21?,27-/m0/s1/i10D,11D,14D2,15D2,17D. The van der Waals surface area contributed by atoms with Crippen molar-refractivity contribution in [1.82, 2.24) is 4.90 Å². The zero-order chi connectivity index (χ0) is 29.3. The second-order valence-corrected chi connectivity index (χ2v) is 8.53. The highest BCUT2D eigenvalue weighted by atomic mass is 19.1. The van der Waals surface area contributed by atoms with E-state index < -0.39 is 48.4 Å². The van der Waals surface area contributed by atoms with Crippen LogP contribution in [0.2, 0.25) is 0 Å². The maximum atomic E-state index is 14.9. The fourth-order valence-electron chi connectivity index (χ4n) is 3.91. The van der Waals surface area contributed by atoms with Gasteiger partial charge in [-0.05, 0) is 100 Å². The van der Waals surface area contributed by atoms with Gasteiger partial charge in [-0.15, -0.1) is 0 Å². The van der Waals surface area contributed by atoms with Gasteiger partial charge in [0.2, 0.25) is 0 Å². The normalized spacial score (nSPS) is 26.6. The van der Waals surface area contributed by atoms with Crippen LogP contribution >= 0.6 is 0 Å². The van der Waals surface area contributed by atoms with Crippen LogP contribution < -0.4 is 0 Å². The van der Waals surface area contributed by atoms with Gasteiger partial charge in [0, 0.05) is 19.4 Å². The molecule has 3 nitrogen and oxygen atoms in total. The monoisotopic (exact) mass is 429 g/mol. The van der Waals surface area contributed by atoms with Crippen molar-refractivity contribution < 1.29 is 18.7 Å². The summed E-state index contributed by atoms with van der Waals surface area (Å²) in [7, 11) is 1.48. The molecule has 2 unspecified atom stereocenters. The van der Waals surface area contributed by atoms with E-state index in [-0.39, 0.29) is 28.3 Å². The third kappa shape index (κ3) is 4.14. The minimum atomic E-state index is -2.88. The lowest BCUT2D eigenvalue weighted by atomic mass is 9.76. The molecule has 2 aromatic carbocycles. The molecule has 0 saturated heterocycles. The SMILES string of the molecule is [2H]c1c([2H])c([C@]2(C([2H])([2H])C([2H])(C)C([2H])([2H])N(C)C(C)C)OC(C)c3cc([N+]#[C-])c(C)cc32)c(C)c(C)c1F. The summed E-state index contributed by atoms with van der Waals surface area (Å²) in [6, 6.07) is 1.49. The Morgan fingerprint density at radius 1 is 1.26 bits per heavy atom. The van der Waals surface area contributed by atoms with Gasteiger partial charge in [-0.3, -0.25) is 0 Å². The molecule has 0 N–H and O–H groups in total. The minimum absolute atomic E-state index is 0.0457. The lowest BCUT2D eigenvalue weighted by Gasteiger charge is -2.37. The first-order valence-corrected chi connectivity index (χ1v) is 10.4. The van der Waals surface area contributed by atoms with Crippen LogP contribution in [0.4, 0.5) is 10.1 Å². The molecule has 0 aromatic heterocycles. The molecule has 166 valence electrons. The topological polar surface area (TPSA) is 16.8 Å². The molecule has 31 heavy (non-hydrogen) atoms. The molecule has 1 aliphatic heterocycles. The summed E-state index contributed by atoms with van der Waals surface area (Å²) < 4.78 is 84.8. The zero-order valence-electron chi connectivity index (χ0n) is 26.5. The van der Waals surface area contributed by atoms with Crippen molar-refractivity contribution in [2.45, 2.75) is 72.6 Å². The van der Waals surface area contributed by atoms with E-state index in [0.29, 0.717) is 16.8 Å². The van der Waals surface area contributed by atoms with Crippen molar-refractivity contribution in [3.63, 3.8) is 0 Å². The van der Waals surface area contributed by atoms with Gasteiger partial charge in [-0.2, -0.15) is 0 Å². The molecule has 0 bridgehead atoms. The van der Waals surface area contributed by atoms with E-state index >= 15 is 0 Å². The second kappa shape index (κ2) is 8.73. The Bertz CT molecular complexity index is 1310. The van der Waals surface area contributed by atoms with Crippen LogP contribution in [0.25, 0.3) is 4.85 Å². The highest BCUT2D eigenvalue weighted by molar-refractivity contribution is 5.61. The summed E-state index contributed by atoms with van der Waals surface area (Å²) in [6.45, 7) is 15.9. The first-order chi connectivity index (χ1) is 17.2. The van der Waals surface area contributed by atoms with Crippen molar-refractivity contribution in [3.05, 3.63) is 74.8 Å². The highest BCUT2D eigenvalue weighted by Gasteiger charge is 2.47. The van der Waals surface area contributed by atoms with Gasteiger partial charge >= 0.3 is 0 Å². The number of ether oxygens (including phenoxy) is 1. The van der Waals surface area contributed by atoms with Gasteiger partial charge in [0.15, 0.2) is 5.69 Å². The average molecular weight is 430 g/mol. The fourth-order valence-corrected chi connectivity index (χ4v) is 3.91. The van der Waals surface area contributed by atoms with Crippen LogP contribution in [0.1, 0.15) is 83.1 Å². The molecular weight excluding hydrogens is 387 g/mol. The van der Waals surface area contributed by atoms with Crippen LogP contribution in [0.15, 0.2) is 24.2 Å². The van der Waals surface area contributed by atoms with Gasteiger partial charge in [-0.25, -0.2) is 9.24 Å². The van der Waals surface area contributed by atoms with Crippen LogP contribution in [-0.2, 0) is 10.3 Å². The molecular formula is C27H35FN2O. The molecule has 0 spiro atoms. The number of rotatable bonds is 6. The van der Waals surface area contributed by atoms with Gasteiger partial charge in [0.05, 0.1) is 15.4 Å². The van der Waals surface area contributed by atoms with Crippen LogP contribution in [0, 0.1) is 39.1 Å². The molecule has 0 aliphatic carbocycles. The maximum absolute atomic E-state index is 14.9. The Morgan fingerprint density at radius 3 is 2.55 bits per heavy atom. The van der Waals surface area contributed by atoms with E-state index in [9.17, 15) is 8.50 Å². The Labute approximate surface area is 196 Å². The molecule has 1 aliphatic rings. The highest BCUT2D eigenvalue weighted by Crippen LogP contribution is 2.53. The summed E-state index contributed by atoms with van der Waals surface area (Å²) in [5.74, 6) is -3.42. The lowest BCUT2D eigenvalue weighted by Crippen LogP contribution is -2.36. The number of benzene rings is 2. The first kappa shape index (κ1) is 15.6. The van der Waals surface area contributed by atoms with E-state index in [1.165, 1.54) is 25.8 Å². The first-order valence-electron chi connectivity index (χ1n) is 13.9. The maximum Gasteiger partial charge on any atom is 0.190 e. The van der Waals surface area contributed by atoms with E-state index in [1.807, 2.05) is 0 Å². The van der Waals surface area contributed by atoms with Gasteiger partial charge < -0.3 is 9.64 Å². The summed E-state index contributed by atoms with van der Waals surface area (Å²) in [5.41, 5.74) is -0.594. The number of halogens is 1.